The molecule has 0 radical (unpaired) electrons. The summed E-state index contributed by atoms with van der Waals surface area (Å²) in [6, 6.07) is 9.11. The Labute approximate surface area is 164 Å². The summed E-state index contributed by atoms with van der Waals surface area (Å²) < 4.78 is 0. The smallest absolute Gasteiger partial charge is 0.254 e. The van der Waals surface area contributed by atoms with Gasteiger partial charge in [-0.25, -0.2) is 4.98 Å². The lowest BCUT2D eigenvalue weighted by Gasteiger charge is -2.30. The van der Waals surface area contributed by atoms with Crippen LogP contribution < -0.4 is 5.32 Å². The minimum atomic E-state index is 0.0862. The predicted octanol–water partition coefficient (Wildman–Crippen LogP) is 4.92. The number of pyridine rings is 1. The maximum Gasteiger partial charge on any atom is 0.254 e. The van der Waals surface area contributed by atoms with E-state index in [4.69, 9.17) is 23.2 Å². The molecule has 0 unspecified atom stereocenters. The fraction of sp³-hybridized carbons (Fsp3) is 0.400. The van der Waals surface area contributed by atoms with E-state index in [9.17, 15) is 4.79 Å². The fourth-order valence-corrected chi connectivity index (χ4v) is 3.61. The molecule has 1 N–H and O–H groups in total. The third-order valence-electron chi connectivity index (χ3n) is 4.79. The molecule has 1 saturated heterocycles. The highest BCUT2D eigenvalue weighted by atomic mass is 35.5. The standard InChI is InChI=1S/C20H23Cl2N3O/c1-14-6-10-25(11-7-14)20(26)16-5-9-24-19(12-16)23-8-4-15-2-3-17(21)13-18(15)22/h2-3,5,9,12-14H,4,6-8,10-11H2,1H3,(H,23,24). The molecule has 0 bridgehead atoms. The third kappa shape index (κ3) is 4.89. The van der Waals surface area contributed by atoms with Crippen molar-refractivity contribution in [3.05, 3.63) is 57.7 Å². The Morgan fingerprint density at radius 3 is 2.73 bits per heavy atom. The molecule has 0 aliphatic carbocycles. The Morgan fingerprint density at radius 1 is 1.23 bits per heavy atom. The number of carbonyl (C=O) groups is 1. The predicted molar refractivity (Wildman–Crippen MR) is 107 cm³/mol. The van der Waals surface area contributed by atoms with Gasteiger partial charge in [-0.3, -0.25) is 4.79 Å². The maximum atomic E-state index is 12.7. The monoisotopic (exact) mass is 391 g/mol. The summed E-state index contributed by atoms with van der Waals surface area (Å²) in [5.41, 5.74) is 1.71. The summed E-state index contributed by atoms with van der Waals surface area (Å²) in [7, 11) is 0. The highest BCUT2D eigenvalue weighted by Gasteiger charge is 2.21. The van der Waals surface area contributed by atoms with Crippen molar-refractivity contribution >= 4 is 34.9 Å². The van der Waals surface area contributed by atoms with E-state index in [-0.39, 0.29) is 5.91 Å². The van der Waals surface area contributed by atoms with Crippen molar-refractivity contribution in [2.24, 2.45) is 5.92 Å². The van der Waals surface area contributed by atoms with E-state index in [1.54, 1.807) is 18.3 Å². The first-order valence-electron chi connectivity index (χ1n) is 8.96. The van der Waals surface area contributed by atoms with Crippen LogP contribution in [0.2, 0.25) is 10.0 Å². The molecule has 1 amide bonds. The average molecular weight is 392 g/mol. The minimum Gasteiger partial charge on any atom is -0.370 e. The lowest BCUT2D eigenvalue weighted by molar-refractivity contribution is 0.0697. The van der Waals surface area contributed by atoms with E-state index in [0.29, 0.717) is 33.9 Å². The van der Waals surface area contributed by atoms with Crippen LogP contribution in [0.4, 0.5) is 5.82 Å². The van der Waals surface area contributed by atoms with E-state index in [2.05, 4.69) is 17.2 Å². The number of hydrogen-bond donors (Lipinski definition) is 1. The number of likely N-dealkylation sites (tertiary alicyclic amines) is 1. The Kier molecular flexibility index (Phi) is 6.38. The number of halogens is 2. The Balaban J connectivity index is 1.58. The van der Waals surface area contributed by atoms with Gasteiger partial charge in [0.25, 0.3) is 5.91 Å². The number of rotatable bonds is 5. The zero-order valence-corrected chi connectivity index (χ0v) is 16.4. The minimum absolute atomic E-state index is 0.0862. The van der Waals surface area contributed by atoms with Crippen molar-refractivity contribution in [3.63, 3.8) is 0 Å². The second-order valence-electron chi connectivity index (χ2n) is 6.82. The molecule has 138 valence electrons. The van der Waals surface area contributed by atoms with Crippen LogP contribution in [-0.2, 0) is 6.42 Å². The van der Waals surface area contributed by atoms with Gasteiger partial charge in [-0.2, -0.15) is 0 Å². The topological polar surface area (TPSA) is 45.2 Å². The summed E-state index contributed by atoms with van der Waals surface area (Å²) in [5.74, 6) is 1.49. The van der Waals surface area contributed by atoms with Gasteiger partial charge in [-0.1, -0.05) is 36.2 Å². The van der Waals surface area contributed by atoms with Gasteiger partial charge in [0.15, 0.2) is 0 Å². The number of nitrogens with zero attached hydrogens (tertiary/aromatic N) is 2. The van der Waals surface area contributed by atoms with E-state index < -0.39 is 0 Å². The summed E-state index contributed by atoms with van der Waals surface area (Å²) in [6.07, 6.45) is 4.57. The molecule has 0 atom stereocenters. The second kappa shape index (κ2) is 8.74. The molecule has 0 saturated carbocycles. The molecule has 1 aromatic carbocycles. The van der Waals surface area contributed by atoms with E-state index in [0.717, 1.165) is 37.9 Å². The molecule has 0 spiro atoms. The van der Waals surface area contributed by atoms with Gasteiger partial charge in [0.05, 0.1) is 0 Å². The number of piperidine rings is 1. The summed E-state index contributed by atoms with van der Waals surface area (Å²) >= 11 is 12.1. The summed E-state index contributed by atoms with van der Waals surface area (Å²) in [4.78, 5) is 18.9. The maximum absolute atomic E-state index is 12.7. The molecule has 2 heterocycles. The number of nitrogens with one attached hydrogen (secondary N) is 1. The first-order chi connectivity index (χ1) is 12.5. The molecule has 26 heavy (non-hydrogen) atoms. The van der Waals surface area contributed by atoms with Crippen molar-refractivity contribution in [2.45, 2.75) is 26.2 Å². The third-order valence-corrected chi connectivity index (χ3v) is 5.38. The van der Waals surface area contributed by atoms with E-state index in [1.165, 1.54) is 0 Å². The molecule has 1 aromatic heterocycles. The number of aromatic nitrogens is 1. The lowest BCUT2D eigenvalue weighted by atomic mass is 9.99. The average Bonchev–Trinajstić information content (AvgIpc) is 2.64. The van der Waals surface area contributed by atoms with Crippen molar-refractivity contribution in [1.82, 2.24) is 9.88 Å². The largest absolute Gasteiger partial charge is 0.370 e. The van der Waals surface area contributed by atoms with Crippen molar-refractivity contribution in [2.75, 3.05) is 25.0 Å². The Morgan fingerprint density at radius 2 is 2.00 bits per heavy atom. The molecule has 1 fully saturated rings. The molecule has 3 rings (SSSR count). The first-order valence-corrected chi connectivity index (χ1v) is 9.71. The normalized spacial score (nSPS) is 15.1. The van der Waals surface area contributed by atoms with Gasteiger partial charge in [-0.15, -0.1) is 0 Å². The van der Waals surface area contributed by atoms with Gasteiger partial charge >= 0.3 is 0 Å². The number of carbonyl (C=O) groups excluding carboxylic acids is 1. The van der Waals surface area contributed by atoms with Crippen LogP contribution in [0.1, 0.15) is 35.7 Å². The summed E-state index contributed by atoms with van der Waals surface area (Å²) in [6.45, 7) is 4.58. The quantitative estimate of drug-likeness (QED) is 0.786. The number of amides is 1. The number of anilines is 1. The van der Waals surface area contributed by atoms with Crippen LogP contribution in [0, 0.1) is 5.92 Å². The van der Waals surface area contributed by atoms with Crippen molar-refractivity contribution in [1.29, 1.82) is 0 Å². The van der Waals surface area contributed by atoms with Crippen LogP contribution in [0.5, 0.6) is 0 Å². The molecular formula is C20H23Cl2N3O. The van der Waals surface area contributed by atoms with Gasteiger partial charge in [0.1, 0.15) is 5.82 Å². The van der Waals surface area contributed by atoms with Crippen LogP contribution >= 0.6 is 23.2 Å². The van der Waals surface area contributed by atoms with Gasteiger partial charge in [-0.05, 0) is 55.0 Å². The highest BCUT2D eigenvalue weighted by molar-refractivity contribution is 6.35. The van der Waals surface area contributed by atoms with Crippen molar-refractivity contribution < 1.29 is 4.79 Å². The zero-order valence-electron chi connectivity index (χ0n) is 14.8. The first kappa shape index (κ1) is 19.0. The lowest BCUT2D eigenvalue weighted by Crippen LogP contribution is -2.37. The SMILES string of the molecule is CC1CCN(C(=O)c2ccnc(NCCc3ccc(Cl)cc3Cl)c2)CC1. The molecular weight excluding hydrogens is 369 g/mol. The Hall–Kier alpha value is -1.78. The molecule has 4 nitrogen and oxygen atoms in total. The Bertz CT molecular complexity index is 773. The van der Waals surface area contributed by atoms with E-state index in [1.807, 2.05) is 23.1 Å². The van der Waals surface area contributed by atoms with Gasteiger partial charge in [0.2, 0.25) is 0 Å². The van der Waals surface area contributed by atoms with Crippen LogP contribution in [0.15, 0.2) is 36.5 Å². The van der Waals surface area contributed by atoms with Gasteiger partial charge < -0.3 is 10.2 Å². The van der Waals surface area contributed by atoms with Crippen LogP contribution in [-0.4, -0.2) is 35.4 Å². The number of benzene rings is 1. The molecule has 2 aromatic rings. The van der Waals surface area contributed by atoms with Gasteiger partial charge in [0, 0.05) is 41.4 Å². The molecule has 6 heteroatoms. The zero-order chi connectivity index (χ0) is 18.5. The molecule has 1 aliphatic rings. The highest BCUT2D eigenvalue weighted by Crippen LogP contribution is 2.22. The van der Waals surface area contributed by atoms with Crippen LogP contribution in [0.25, 0.3) is 0 Å². The number of hydrogen-bond acceptors (Lipinski definition) is 3. The molecule has 1 aliphatic heterocycles. The fourth-order valence-electron chi connectivity index (χ4n) is 3.10. The van der Waals surface area contributed by atoms with Crippen molar-refractivity contribution in [3.8, 4) is 0 Å². The summed E-state index contributed by atoms with van der Waals surface area (Å²) in [5, 5.41) is 4.56. The van der Waals surface area contributed by atoms with Crippen LogP contribution in [0.3, 0.4) is 0 Å². The van der Waals surface area contributed by atoms with E-state index >= 15 is 0 Å². The second-order valence-corrected chi connectivity index (χ2v) is 7.66.